The van der Waals surface area contributed by atoms with Gasteiger partial charge in [-0.05, 0) is 31.4 Å². The van der Waals surface area contributed by atoms with Crippen LogP contribution in [-0.2, 0) is 4.79 Å². The Morgan fingerprint density at radius 3 is 2.56 bits per heavy atom. The Morgan fingerprint density at radius 2 is 1.94 bits per heavy atom. The van der Waals surface area contributed by atoms with Crippen LogP contribution in [0.1, 0.15) is 30.4 Å². The van der Waals surface area contributed by atoms with E-state index in [1.54, 1.807) is 6.08 Å². The molecular weight excluding hydrogens is 220 g/mol. The normalized spacial score (nSPS) is 10.9. The molecule has 16 heavy (non-hydrogen) atoms. The average Bonchev–Trinajstić information content (AvgIpc) is 2.29. The lowest BCUT2D eigenvalue weighted by molar-refractivity contribution is -0.114. The van der Waals surface area contributed by atoms with Crippen LogP contribution in [-0.4, -0.2) is 11.7 Å². The van der Waals surface area contributed by atoms with Gasteiger partial charge in [-0.2, -0.15) is 0 Å². The first-order chi connectivity index (χ1) is 7.72. The summed E-state index contributed by atoms with van der Waals surface area (Å²) in [6.45, 7) is 2.05. The van der Waals surface area contributed by atoms with Crippen molar-refractivity contribution in [2.45, 2.75) is 26.2 Å². The summed E-state index contributed by atoms with van der Waals surface area (Å²) < 4.78 is 0. The van der Waals surface area contributed by atoms with E-state index in [0.717, 1.165) is 18.4 Å². The molecule has 0 saturated heterocycles. The number of unbranched alkanes of at least 4 members (excludes halogenated alkanes) is 1. The smallest absolute Gasteiger partial charge is 0.155 e. The van der Waals surface area contributed by atoms with E-state index in [9.17, 15) is 4.79 Å². The Hall–Kier alpha value is -1.08. The predicted octanol–water partition coefficient (Wildman–Crippen LogP) is 3.99. The second-order valence-electron chi connectivity index (χ2n) is 3.86. The highest BCUT2D eigenvalue weighted by Gasteiger charge is 1.96. The SMILES string of the molecule is Cc1ccc(C=CC(=O)CCCCCl)cc1. The number of allylic oxidation sites excluding steroid dienone is 1. The number of hydrogen-bond acceptors (Lipinski definition) is 1. The summed E-state index contributed by atoms with van der Waals surface area (Å²) >= 11 is 5.54. The van der Waals surface area contributed by atoms with Gasteiger partial charge in [0.05, 0.1) is 0 Å². The molecule has 0 radical (unpaired) electrons. The van der Waals surface area contributed by atoms with Crippen LogP contribution in [0.3, 0.4) is 0 Å². The first-order valence-electron chi connectivity index (χ1n) is 5.56. The molecule has 1 nitrogen and oxygen atoms in total. The highest BCUT2D eigenvalue weighted by Crippen LogP contribution is 2.06. The molecule has 0 N–H and O–H groups in total. The molecule has 86 valence electrons. The fourth-order valence-corrected chi connectivity index (χ4v) is 1.53. The van der Waals surface area contributed by atoms with Crippen molar-refractivity contribution >= 4 is 23.5 Å². The summed E-state index contributed by atoms with van der Waals surface area (Å²) in [5.41, 5.74) is 2.29. The number of hydrogen-bond donors (Lipinski definition) is 0. The van der Waals surface area contributed by atoms with Crippen molar-refractivity contribution in [2.24, 2.45) is 0 Å². The van der Waals surface area contributed by atoms with Crippen LogP contribution in [0.2, 0.25) is 0 Å². The molecule has 0 aliphatic rings. The minimum absolute atomic E-state index is 0.172. The molecule has 0 aliphatic carbocycles. The molecule has 1 aromatic carbocycles. The summed E-state index contributed by atoms with van der Waals surface area (Å²) in [4.78, 5) is 11.4. The van der Waals surface area contributed by atoms with Crippen LogP contribution in [0.5, 0.6) is 0 Å². The fourth-order valence-electron chi connectivity index (χ4n) is 1.34. The molecule has 0 fully saturated rings. The number of halogens is 1. The second kappa shape index (κ2) is 7.24. The lowest BCUT2D eigenvalue weighted by Gasteiger charge is -1.95. The van der Waals surface area contributed by atoms with Gasteiger partial charge in [-0.15, -0.1) is 11.6 Å². The fraction of sp³-hybridized carbons (Fsp3) is 0.357. The summed E-state index contributed by atoms with van der Waals surface area (Å²) in [6.07, 6.45) is 5.89. The van der Waals surface area contributed by atoms with Crippen LogP contribution >= 0.6 is 11.6 Å². The van der Waals surface area contributed by atoms with Gasteiger partial charge in [-0.3, -0.25) is 4.79 Å². The van der Waals surface area contributed by atoms with E-state index in [-0.39, 0.29) is 5.78 Å². The van der Waals surface area contributed by atoms with E-state index in [1.165, 1.54) is 5.56 Å². The zero-order chi connectivity index (χ0) is 11.8. The van der Waals surface area contributed by atoms with E-state index >= 15 is 0 Å². The standard InChI is InChI=1S/C14H17ClO/c1-12-5-7-13(8-6-12)9-10-14(16)4-2-3-11-15/h5-10H,2-4,11H2,1H3. The van der Waals surface area contributed by atoms with Gasteiger partial charge in [0.2, 0.25) is 0 Å². The van der Waals surface area contributed by atoms with Gasteiger partial charge >= 0.3 is 0 Å². The molecule has 0 atom stereocenters. The Kier molecular flexibility index (Phi) is 5.87. The van der Waals surface area contributed by atoms with Gasteiger partial charge in [-0.1, -0.05) is 35.9 Å². The summed E-state index contributed by atoms with van der Waals surface area (Å²) in [7, 11) is 0. The van der Waals surface area contributed by atoms with Crippen molar-refractivity contribution in [3.05, 3.63) is 41.5 Å². The first kappa shape index (κ1) is 13.0. The van der Waals surface area contributed by atoms with Crippen LogP contribution < -0.4 is 0 Å². The van der Waals surface area contributed by atoms with Gasteiger partial charge in [0.15, 0.2) is 5.78 Å². The molecule has 2 heteroatoms. The Labute approximate surface area is 102 Å². The van der Waals surface area contributed by atoms with E-state index in [4.69, 9.17) is 11.6 Å². The molecule has 0 saturated carbocycles. The number of carbonyl (C=O) groups excluding carboxylic acids is 1. The number of rotatable bonds is 6. The van der Waals surface area contributed by atoms with E-state index < -0.39 is 0 Å². The van der Waals surface area contributed by atoms with E-state index in [2.05, 4.69) is 0 Å². The lowest BCUT2D eigenvalue weighted by Crippen LogP contribution is -1.92. The average molecular weight is 237 g/mol. The van der Waals surface area contributed by atoms with Crippen molar-refractivity contribution in [3.8, 4) is 0 Å². The summed E-state index contributed by atoms with van der Waals surface area (Å²) in [5, 5.41) is 0. The minimum Gasteiger partial charge on any atom is -0.295 e. The van der Waals surface area contributed by atoms with Crippen molar-refractivity contribution in [1.29, 1.82) is 0 Å². The third kappa shape index (κ3) is 5.13. The number of ketones is 1. The Balaban J connectivity index is 2.41. The molecule has 0 amide bonds. The van der Waals surface area contributed by atoms with Gasteiger partial charge in [0.25, 0.3) is 0 Å². The molecule has 0 aromatic heterocycles. The maximum Gasteiger partial charge on any atom is 0.155 e. The number of alkyl halides is 1. The third-order valence-electron chi connectivity index (χ3n) is 2.35. The molecule has 0 unspecified atom stereocenters. The van der Waals surface area contributed by atoms with Crippen LogP contribution in [0.15, 0.2) is 30.3 Å². The first-order valence-corrected chi connectivity index (χ1v) is 6.09. The number of aryl methyl sites for hydroxylation is 1. The molecular formula is C14H17ClO. The minimum atomic E-state index is 0.172. The van der Waals surface area contributed by atoms with Gasteiger partial charge in [-0.25, -0.2) is 0 Å². The van der Waals surface area contributed by atoms with E-state index in [1.807, 2.05) is 37.3 Å². The quantitative estimate of drug-likeness (QED) is 0.415. The third-order valence-corrected chi connectivity index (χ3v) is 2.61. The Morgan fingerprint density at radius 1 is 1.25 bits per heavy atom. The predicted molar refractivity (Wildman–Crippen MR) is 69.8 cm³/mol. The molecule has 0 bridgehead atoms. The van der Waals surface area contributed by atoms with Crippen LogP contribution in [0, 0.1) is 6.92 Å². The zero-order valence-corrected chi connectivity index (χ0v) is 10.3. The summed E-state index contributed by atoms with van der Waals surface area (Å²) in [5.74, 6) is 0.806. The molecule has 1 rings (SSSR count). The van der Waals surface area contributed by atoms with Gasteiger partial charge < -0.3 is 0 Å². The molecule has 1 aromatic rings. The van der Waals surface area contributed by atoms with Gasteiger partial charge in [0, 0.05) is 12.3 Å². The molecule has 0 aliphatic heterocycles. The highest BCUT2D eigenvalue weighted by atomic mass is 35.5. The van der Waals surface area contributed by atoms with Crippen molar-refractivity contribution in [1.82, 2.24) is 0 Å². The van der Waals surface area contributed by atoms with Crippen LogP contribution in [0.25, 0.3) is 6.08 Å². The van der Waals surface area contributed by atoms with Crippen molar-refractivity contribution < 1.29 is 4.79 Å². The molecule has 0 heterocycles. The maximum absolute atomic E-state index is 11.4. The summed E-state index contributed by atoms with van der Waals surface area (Å²) in [6, 6.07) is 8.10. The lowest BCUT2D eigenvalue weighted by atomic mass is 10.1. The van der Waals surface area contributed by atoms with Gasteiger partial charge in [0.1, 0.15) is 0 Å². The Bertz CT molecular complexity index is 352. The maximum atomic E-state index is 11.4. The topological polar surface area (TPSA) is 17.1 Å². The monoisotopic (exact) mass is 236 g/mol. The number of benzene rings is 1. The largest absolute Gasteiger partial charge is 0.295 e. The highest BCUT2D eigenvalue weighted by molar-refractivity contribution is 6.17. The van der Waals surface area contributed by atoms with Crippen LogP contribution in [0.4, 0.5) is 0 Å². The molecule has 0 spiro atoms. The number of carbonyl (C=O) groups is 1. The van der Waals surface area contributed by atoms with Crippen molar-refractivity contribution in [2.75, 3.05) is 5.88 Å². The zero-order valence-electron chi connectivity index (χ0n) is 9.58. The second-order valence-corrected chi connectivity index (χ2v) is 4.23. The van der Waals surface area contributed by atoms with Crippen molar-refractivity contribution in [3.63, 3.8) is 0 Å². The van der Waals surface area contributed by atoms with E-state index in [0.29, 0.717) is 12.3 Å².